The molecule has 1 aliphatic rings. The lowest BCUT2D eigenvalue weighted by molar-refractivity contribution is -0.129. The van der Waals surface area contributed by atoms with Gasteiger partial charge >= 0.3 is 0 Å². The monoisotopic (exact) mass is 317 g/mol. The summed E-state index contributed by atoms with van der Waals surface area (Å²) >= 11 is 0. The number of hydrogen-bond acceptors (Lipinski definition) is 6. The zero-order valence-corrected chi connectivity index (χ0v) is 13.9. The number of carbonyl (C=O) groups excluding carboxylic acids is 1. The molecular formula is C15H23N7O. The van der Waals surface area contributed by atoms with Crippen molar-refractivity contribution in [3.05, 3.63) is 18.1 Å². The molecule has 2 aromatic rings. The van der Waals surface area contributed by atoms with E-state index in [2.05, 4.69) is 37.9 Å². The lowest BCUT2D eigenvalue weighted by atomic mass is 10.2. The summed E-state index contributed by atoms with van der Waals surface area (Å²) < 4.78 is 1.79. The van der Waals surface area contributed by atoms with E-state index in [9.17, 15) is 4.79 Å². The van der Waals surface area contributed by atoms with E-state index in [1.54, 1.807) is 23.5 Å². The molecule has 2 aromatic heterocycles. The van der Waals surface area contributed by atoms with Gasteiger partial charge in [0.25, 0.3) is 5.78 Å². The predicted molar refractivity (Wildman–Crippen MR) is 87.5 cm³/mol. The van der Waals surface area contributed by atoms with Crippen LogP contribution in [0.15, 0.2) is 12.4 Å². The second-order valence-corrected chi connectivity index (χ2v) is 5.98. The third-order valence-electron chi connectivity index (χ3n) is 4.20. The van der Waals surface area contributed by atoms with Gasteiger partial charge in [-0.3, -0.25) is 9.69 Å². The molecule has 23 heavy (non-hydrogen) atoms. The molecule has 0 N–H and O–H groups in total. The molecular weight excluding hydrogens is 294 g/mol. The molecule has 0 unspecified atom stereocenters. The molecule has 1 amide bonds. The Bertz CT molecular complexity index is 688. The predicted octanol–water partition coefficient (Wildman–Crippen LogP) is -0.103. The molecule has 0 spiro atoms. The van der Waals surface area contributed by atoms with Crippen LogP contribution in [-0.2, 0) is 11.2 Å². The number of nitrogens with zero attached hydrogens (tertiary/aromatic N) is 7. The molecule has 3 heterocycles. The Morgan fingerprint density at radius 3 is 2.65 bits per heavy atom. The van der Waals surface area contributed by atoms with Crippen molar-refractivity contribution in [2.75, 3.05) is 51.7 Å². The molecule has 3 rings (SSSR count). The van der Waals surface area contributed by atoms with Crippen LogP contribution in [0.3, 0.4) is 0 Å². The van der Waals surface area contributed by atoms with Gasteiger partial charge in [-0.2, -0.15) is 14.6 Å². The van der Waals surface area contributed by atoms with Crippen molar-refractivity contribution >= 4 is 17.5 Å². The minimum absolute atomic E-state index is 0.147. The normalized spacial score (nSPS) is 16.0. The van der Waals surface area contributed by atoms with E-state index in [1.165, 1.54) is 6.33 Å². The number of amides is 1. The van der Waals surface area contributed by atoms with Crippen LogP contribution in [0.5, 0.6) is 0 Å². The van der Waals surface area contributed by atoms with E-state index in [-0.39, 0.29) is 5.91 Å². The summed E-state index contributed by atoms with van der Waals surface area (Å²) in [4.78, 5) is 26.6. The summed E-state index contributed by atoms with van der Waals surface area (Å²) in [5, 5.41) is 4.29. The van der Waals surface area contributed by atoms with Gasteiger partial charge in [0.1, 0.15) is 12.1 Å². The molecule has 0 bridgehead atoms. The van der Waals surface area contributed by atoms with Crippen LogP contribution in [0.1, 0.15) is 12.6 Å². The van der Waals surface area contributed by atoms with E-state index in [0.717, 1.165) is 44.1 Å². The number of hydrogen-bond donors (Lipinski definition) is 0. The minimum Gasteiger partial charge on any atom is -0.354 e. The number of aryl methyl sites for hydroxylation is 1. The fraction of sp³-hybridized carbons (Fsp3) is 0.600. The van der Waals surface area contributed by atoms with Crippen LogP contribution in [-0.4, -0.2) is 82.1 Å². The van der Waals surface area contributed by atoms with Crippen molar-refractivity contribution in [1.29, 1.82) is 0 Å². The van der Waals surface area contributed by atoms with Crippen LogP contribution in [0.4, 0.5) is 5.82 Å². The zero-order chi connectivity index (χ0) is 16.4. The van der Waals surface area contributed by atoms with Crippen molar-refractivity contribution in [1.82, 2.24) is 29.4 Å². The second kappa shape index (κ2) is 6.49. The molecule has 0 atom stereocenters. The highest BCUT2D eigenvalue weighted by Gasteiger charge is 2.22. The lowest BCUT2D eigenvalue weighted by Gasteiger charge is -2.35. The molecule has 1 fully saturated rings. The lowest BCUT2D eigenvalue weighted by Crippen LogP contribution is -2.49. The molecule has 1 saturated heterocycles. The standard InChI is InChI=1S/C15H23N7O/c1-4-12-9-13(22-15(18-12)16-11-17-22)21-7-5-20(6-8-21)10-14(23)19(2)3/h9,11H,4-8,10H2,1-3H3. The highest BCUT2D eigenvalue weighted by Crippen LogP contribution is 2.18. The number of aromatic nitrogens is 4. The number of rotatable bonds is 4. The third-order valence-corrected chi connectivity index (χ3v) is 4.20. The van der Waals surface area contributed by atoms with Gasteiger partial charge in [0.05, 0.1) is 6.54 Å². The van der Waals surface area contributed by atoms with E-state index < -0.39 is 0 Å². The Balaban J connectivity index is 1.73. The molecule has 0 radical (unpaired) electrons. The molecule has 0 aliphatic carbocycles. The highest BCUT2D eigenvalue weighted by atomic mass is 16.2. The van der Waals surface area contributed by atoms with Crippen LogP contribution < -0.4 is 4.90 Å². The first-order valence-corrected chi connectivity index (χ1v) is 7.95. The summed E-state index contributed by atoms with van der Waals surface area (Å²) in [7, 11) is 3.59. The van der Waals surface area contributed by atoms with E-state index >= 15 is 0 Å². The summed E-state index contributed by atoms with van der Waals surface area (Å²) in [6.07, 6.45) is 2.41. The van der Waals surface area contributed by atoms with Crippen molar-refractivity contribution < 1.29 is 4.79 Å². The number of carbonyl (C=O) groups is 1. The van der Waals surface area contributed by atoms with Crippen molar-refractivity contribution in [2.45, 2.75) is 13.3 Å². The highest BCUT2D eigenvalue weighted by molar-refractivity contribution is 5.77. The van der Waals surface area contributed by atoms with Crippen molar-refractivity contribution in [2.24, 2.45) is 0 Å². The quantitative estimate of drug-likeness (QED) is 0.784. The molecule has 1 aliphatic heterocycles. The Kier molecular flexibility index (Phi) is 4.42. The van der Waals surface area contributed by atoms with Crippen LogP contribution >= 0.6 is 0 Å². The Morgan fingerprint density at radius 1 is 1.26 bits per heavy atom. The van der Waals surface area contributed by atoms with Gasteiger partial charge in [0, 0.05) is 52.0 Å². The van der Waals surface area contributed by atoms with Gasteiger partial charge in [-0.05, 0) is 6.42 Å². The Morgan fingerprint density at radius 2 is 2.00 bits per heavy atom. The molecule has 0 saturated carbocycles. The first-order valence-electron chi connectivity index (χ1n) is 7.95. The average molecular weight is 317 g/mol. The summed E-state index contributed by atoms with van der Waals surface area (Å²) in [6.45, 7) is 6.02. The molecule has 124 valence electrons. The van der Waals surface area contributed by atoms with Gasteiger partial charge in [0.2, 0.25) is 5.91 Å². The fourth-order valence-corrected chi connectivity index (χ4v) is 2.72. The van der Waals surface area contributed by atoms with Crippen molar-refractivity contribution in [3.8, 4) is 0 Å². The third kappa shape index (κ3) is 3.26. The Hall–Kier alpha value is -2.22. The van der Waals surface area contributed by atoms with E-state index in [1.807, 2.05) is 0 Å². The minimum atomic E-state index is 0.147. The smallest absolute Gasteiger partial charge is 0.254 e. The van der Waals surface area contributed by atoms with Crippen LogP contribution in [0.2, 0.25) is 0 Å². The summed E-state index contributed by atoms with van der Waals surface area (Å²) in [6, 6.07) is 2.09. The molecule has 8 nitrogen and oxygen atoms in total. The van der Waals surface area contributed by atoms with Gasteiger partial charge in [-0.1, -0.05) is 6.92 Å². The molecule has 8 heteroatoms. The average Bonchev–Trinajstić information content (AvgIpc) is 3.03. The maximum absolute atomic E-state index is 11.8. The summed E-state index contributed by atoms with van der Waals surface area (Å²) in [5.74, 6) is 1.82. The first kappa shape index (κ1) is 15.7. The number of piperazine rings is 1. The number of fused-ring (bicyclic) bond motifs is 1. The van der Waals surface area contributed by atoms with Gasteiger partial charge in [0.15, 0.2) is 0 Å². The van der Waals surface area contributed by atoms with E-state index in [0.29, 0.717) is 12.3 Å². The van der Waals surface area contributed by atoms with Crippen molar-refractivity contribution in [3.63, 3.8) is 0 Å². The van der Waals surface area contributed by atoms with Crippen LogP contribution in [0, 0.1) is 0 Å². The number of likely N-dealkylation sites (N-methyl/N-ethyl adjacent to an activating group) is 1. The second-order valence-electron chi connectivity index (χ2n) is 5.98. The number of anilines is 1. The first-order chi connectivity index (χ1) is 11.1. The fourth-order valence-electron chi connectivity index (χ4n) is 2.72. The summed E-state index contributed by atoms with van der Waals surface area (Å²) in [5.41, 5.74) is 1.02. The maximum Gasteiger partial charge on any atom is 0.254 e. The van der Waals surface area contributed by atoms with Gasteiger partial charge in [-0.25, -0.2) is 4.98 Å². The topological polar surface area (TPSA) is 69.9 Å². The largest absolute Gasteiger partial charge is 0.354 e. The van der Waals surface area contributed by atoms with E-state index in [4.69, 9.17) is 0 Å². The van der Waals surface area contributed by atoms with Gasteiger partial charge < -0.3 is 9.80 Å². The Labute approximate surface area is 135 Å². The van der Waals surface area contributed by atoms with Crippen LogP contribution in [0.25, 0.3) is 5.78 Å². The molecule has 0 aromatic carbocycles. The maximum atomic E-state index is 11.8. The SMILES string of the molecule is CCc1cc(N2CCN(CC(=O)N(C)C)CC2)n2ncnc2n1. The van der Waals surface area contributed by atoms with Gasteiger partial charge in [-0.15, -0.1) is 0 Å². The zero-order valence-electron chi connectivity index (χ0n) is 13.9.